The number of anilines is 1. The van der Waals surface area contributed by atoms with Gasteiger partial charge in [0.2, 0.25) is 0 Å². The van der Waals surface area contributed by atoms with Crippen molar-refractivity contribution in [1.29, 1.82) is 5.26 Å². The Bertz CT molecular complexity index is 1410. The highest BCUT2D eigenvalue weighted by atomic mass is 19.4. The monoisotopic (exact) mass is 476 g/mol. The van der Waals surface area contributed by atoms with Crippen LogP contribution in [0.25, 0.3) is 11.3 Å². The number of ether oxygens (including phenoxy) is 1. The van der Waals surface area contributed by atoms with Gasteiger partial charge in [0, 0.05) is 5.56 Å². The number of nitriles is 1. The van der Waals surface area contributed by atoms with Crippen molar-refractivity contribution in [3.05, 3.63) is 64.5 Å². The number of nitrogens with two attached hydrogens (primary N) is 1. The van der Waals surface area contributed by atoms with Crippen molar-refractivity contribution in [3.63, 3.8) is 0 Å². The number of nitrogen functional groups attached to an aromatic ring is 1. The third kappa shape index (κ3) is 4.39. The molecule has 3 N–H and O–H groups in total. The van der Waals surface area contributed by atoms with E-state index >= 15 is 0 Å². The summed E-state index contributed by atoms with van der Waals surface area (Å²) in [5.74, 6) is -2.20. The van der Waals surface area contributed by atoms with E-state index < -0.39 is 43.3 Å². The van der Waals surface area contributed by atoms with E-state index in [-0.39, 0.29) is 22.6 Å². The molecular formula is C23H19F4N5O2. The van der Waals surface area contributed by atoms with Crippen molar-refractivity contribution in [2.45, 2.75) is 31.6 Å². The van der Waals surface area contributed by atoms with Gasteiger partial charge in [-0.05, 0) is 48.2 Å². The number of methoxy groups -OCH3 is 1. The Morgan fingerprint density at radius 1 is 1.38 bits per heavy atom. The first kappa shape index (κ1) is 19.4. The molecule has 1 heterocycles. The van der Waals surface area contributed by atoms with Gasteiger partial charge in [0.05, 0.1) is 22.8 Å². The highest BCUT2D eigenvalue weighted by molar-refractivity contribution is 5.97. The molecular weight excluding hydrogens is 454 g/mol. The number of nitrogens with one attached hydrogen (secondary N) is 1. The Kier molecular flexibility index (Phi) is 4.97. The average molecular weight is 476 g/mol. The van der Waals surface area contributed by atoms with E-state index in [0.717, 1.165) is 23.8 Å². The lowest BCUT2D eigenvalue weighted by molar-refractivity contribution is -0.142. The molecule has 3 aromatic rings. The van der Waals surface area contributed by atoms with Gasteiger partial charge in [0.25, 0.3) is 5.91 Å². The zero-order chi connectivity index (χ0) is 27.1. The molecule has 2 aromatic carbocycles. The summed E-state index contributed by atoms with van der Waals surface area (Å²) in [5.41, 5.74) is 7.10. The molecule has 0 saturated carbocycles. The van der Waals surface area contributed by atoms with Gasteiger partial charge < -0.3 is 15.8 Å². The Balaban J connectivity index is 1.60. The normalized spacial score (nSPS) is 16.7. The molecule has 0 saturated heterocycles. The fraction of sp³-hybridized carbons (Fsp3) is 0.261. The summed E-state index contributed by atoms with van der Waals surface area (Å²) in [7, 11) is -2.85. The fourth-order valence-electron chi connectivity index (χ4n) is 4.00. The molecule has 1 atom stereocenters. The standard InChI is InChI=1S/C23H19F4N5O2/c1-34-19-7-4-14(24)9-16(19)22(33)30-18-6-3-12-8-13(2-5-15(12)18)20-17(10-28)21(29)32(31-20)11-23(25,26)27/h2,4-5,7-9,18H,3,6,11,29H2,1H3,(H,30,33)/i1D3. The number of benzene rings is 2. The van der Waals surface area contributed by atoms with Crippen LogP contribution in [-0.4, -0.2) is 28.9 Å². The Morgan fingerprint density at radius 3 is 2.88 bits per heavy atom. The van der Waals surface area contributed by atoms with E-state index in [0.29, 0.717) is 28.7 Å². The van der Waals surface area contributed by atoms with E-state index in [1.54, 1.807) is 24.3 Å². The lowest BCUT2D eigenvalue weighted by Gasteiger charge is -2.16. The molecule has 176 valence electrons. The fourth-order valence-corrected chi connectivity index (χ4v) is 4.00. The van der Waals surface area contributed by atoms with Gasteiger partial charge in [-0.15, -0.1) is 0 Å². The number of carbonyl (C=O) groups is 1. The Labute approximate surface area is 196 Å². The minimum absolute atomic E-state index is 0.00533. The topological polar surface area (TPSA) is 106 Å². The predicted molar refractivity (Wildman–Crippen MR) is 114 cm³/mol. The number of amides is 1. The van der Waals surface area contributed by atoms with Crippen molar-refractivity contribution >= 4 is 11.7 Å². The number of carbonyl (C=O) groups excluding carboxylic acids is 1. The van der Waals surface area contributed by atoms with E-state index in [1.807, 2.05) is 0 Å². The molecule has 1 aliphatic rings. The van der Waals surface area contributed by atoms with Crippen LogP contribution in [0.3, 0.4) is 0 Å². The molecule has 4 rings (SSSR count). The summed E-state index contributed by atoms with van der Waals surface area (Å²) >= 11 is 0. The second kappa shape index (κ2) is 8.70. The van der Waals surface area contributed by atoms with Crippen molar-refractivity contribution in [1.82, 2.24) is 15.1 Å². The smallest absolute Gasteiger partial charge is 0.408 e. The Hall–Kier alpha value is -4.07. The van der Waals surface area contributed by atoms with Crippen LogP contribution in [0.5, 0.6) is 5.75 Å². The number of hydrogen-bond donors (Lipinski definition) is 2. The molecule has 1 unspecified atom stereocenters. The van der Waals surface area contributed by atoms with E-state index in [9.17, 15) is 27.6 Å². The van der Waals surface area contributed by atoms with Crippen LogP contribution in [0.2, 0.25) is 0 Å². The van der Waals surface area contributed by atoms with Crippen molar-refractivity contribution in [2.24, 2.45) is 0 Å². The number of hydrogen-bond acceptors (Lipinski definition) is 5. The molecule has 0 fully saturated rings. The largest absolute Gasteiger partial charge is 0.496 e. The highest BCUT2D eigenvalue weighted by Crippen LogP contribution is 2.36. The zero-order valence-electron chi connectivity index (χ0n) is 20.4. The number of alkyl halides is 3. The molecule has 0 spiro atoms. The quantitative estimate of drug-likeness (QED) is 0.539. The van der Waals surface area contributed by atoms with Crippen LogP contribution in [0.1, 0.15) is 43.6 Å². The summed E-state index contributed by atoms with van der Waals surface area (Å²) in [4.78, 5) is 12.9. The SMILES string of the molecule is [2H]C([2H])([2H])Oc1ccc(F)cc1C(=O)NC1CCc2cc(-c3nn(CC(F)(F)F)c(N)c3C#N)ccc21. The Morgan fingerprint density at radius 2 is 2.18 bits per heavy atom. The molecule has 34 heavy (non-hydrogen) atoms. The van der Waals surface area contributed by atoms with Gasteiger partial charge in [0.1, 0.15) is 41.3 Å². The van der Waals surface area contributed by atoms with Gasteiger partial charge >= 0.3 is 6.18 Å². The van der Waals surface area contributed by atoms with Crippen molar-refractivity contribution < 1.29 is 31.2 Å². The number of nitrogens with zero attached hydrogens (tertiary/aromatic N) is 3. The molecule has 1 aliphatic carbocycles. The summed E-state index contributed by atoms with van der Waals surface area (Å²) in [6.07, 6.45) is -3.65. The first-order valence-electron chi connectivity index (χ1n) is 11.5. The molecule has 0 radical (unpaired) electrons. The summed E-state index contributed by atoms with van der Waals surface area (Å²) in [6.45, 7) is -1.44. The lowest BCUT2D eigenvalue weighted by atomic mass is 10.0. The first-order valence-corrected chi connectivity index (χ1v) is 10.0. The van der Waals surface area contributed by atoms with Crippen LogP contribution < -0.4 is 15.8 Å². The summed E-state index contributed by atoms with van der Waals surface area (Å²) in [5, 5.41) is 16.1. The van der Waals surface area contributed by atoms with Crippen LogP contribution in [-0.2, 0) is 13.0 Å². The highest BCUT2D eigenvalue weighted by Gasteiger charge is 2.32. The number of aromatic nitrogens is 2. The minimum atomic E-state index is -4.58. The maximum atomic E-state index is 13.8. The third-order valence-corrected chi connectivity index (χ3v) is 5.53. The molecule has 0 bridgehead atoms. The second-order valence-corrected chi connectivity index (χ2v) is 7.71. The number of aryl methyl sites for hydroxylation is 1. The van der Waals surface area contributed by atoms with Gasteiger partial charge in [0.15, 0.2) is 0 Å². The maximum Gasteiger partial charge on any atom is 0.408 e. The van der Waals surface area contributed by atoms with Gasteiger partial charge in [-0.3, -0.25) is 4.79 Å². The average Bonchev–Trinajstić information content (AvgIpc) is 3.33. The van der Waals surface area contributed by atoms with E-state index in [1.165, 1.54) is 0 Å². The molecule has 0 aliphatic heterocycles. The number of fused-ring (bicyclic) bond motifs is 1. The first-order chi connectivity index (χ1) is 17.3. The van der Waals surface area contributed by atoms with Gasteiger partial charge in [-0.1, -0.05) is 12.1 Å². The zero-order valence-corrected chi connectivity index (χ0v) is 17.4. The summed E-state index contributed by atoms with van der Waals surface area (Å²) < 4.78 is 79.5. The molecule has 1 aromatic heterocycles. The minimum Gasteiger partial charge on any atom is -0.496 e. The predicted octanol–water partition coefficient (Wildman–Crippen LogP) is 4.13. The van der Waals surface area contributed by atoms with Crippen LogP contribution in [0.4, 0.5) is 23.4 Å². The maximum absolute atomic E-state index is 13.8. The van der Waals surface area contributed by atoms with Crippen molar-refractivity contribution in [3.8, 4) is 23.1 Å². The van der Waals surface area contributed by atoms with Crippen LogP contribution >= 0.6 is 0 Å². The molecule has 7 nitrogen and oxygen atoms in total. The number of rotatable bonds is 5. The third-order valence-electron chi connectivity index (χ3n) is 5.53. The number of halogens is 4. The van der Waals surface area contributed by atoms with Gasteiger partial charge in [-0.2, -0.15) is 23.5 Å². The molecule has 1 amide bonds. The van der Waals surface area contributed by atoms with E-state index in [2.05, 4.69) is 10.4 Å². The lowest BCUT2D eigenvalue weighted by Crippen LogP contribution is -2.27. The molecule has 11 heteroatoms. The van der Waals surface area contributed by atoms with Crippen molar-refractivity contribution in [2.75, 3.05) is 12.8 Å². The van der Waals surface area contributed by atoms with E-state index in [4.69, 9.17) is 14.6 Å². The van der Waals surface area contributed by atoms with Gasteiger partial charge in [-0.25, -0.2) is 9.07 Å². The summed E-state index contributed by atoms with van der Waals surface area (Å²) in [6, 6.07) is 9.06. The van der Waals surface area contributed by atoms with Crippen LogP contribution in [0.15, 0.2) is 36.4 Å². The second-order valence-electron chi connectivity index (χ2n) is 7.71. The van der Waals surface area contributed by atoms with Crippen LogP contribution in [0, 0.1) is 17.1 Å².